The summed E-state index contributed by atoms with van der Waals surface area (Å²) in [7, 11) is 0. The van der Waals surface area contributed by atoms with E-state index in [-0.39, 0.29) is 6.42 Å². The van der Waals surface area contributed by atoms with Crippen LogP contribution < -0.4 is 0 Å². The summed E-state index contributed by atoms with van der Waals surface area (Å²) in [4.78, 5) is 46.4. The van der Waals surface area contributed by atoms with Gasteiger partial charge < -0.3 is 20.4 Å². The summed E-state index contributed by atoms with van der Waals surface area (Å²) < 4.78 is 0. The molecule has 8 heteroatoms. The molecule has 134 valence electrons. The Hall–Kier alpha value is -2.90. The van der Waals surface area contributed by atoms with Crippen LogP contribution in [0.15, 0.2) is 30.3 Å². The van der Waals surface area contributed by atoms with Crippen molar-refractivity contribution in [1.82, 2.24) is 0 Å². The number of benzene rings is 1. The van der Waals surface area contributed by atoms with Crippen molar-refractivity contribution in [2.45, 2.75) is 25.2 Å². The van der Waals surface area contributed by atoms with E-state index in [2.05, 4.69) is 0 Å². The smallest absolute Gasteiger partial charge is 0.310 e. The molecule has 0 saturated heterocycles. The molecule has 1 saturated carbocycles. The summed E-state index contributed by atoms with van der Waals surface area (Å²) in [6.45, 7) is 0. The Kier molecular flexibility index (Phi) is 5.10. The molecule has 1 aromatic carbocycles. The van der Waals surface area contributed by atoms with E-state index >= 15 is 0 Å². The molecule has 1 aliphatic rings. The summed E-state index contributed by atoms with van der Waals surface area (Å²) in [6.07, 6.45) is -1.55. The van der Waals surface area contributed by atoms with E-state index < -0.39 is 59.9 Å². The molecule has 0 amide bonds. The number of carbonyl (C=O) groups is 4. The second kappa shape index (κ2) is 6.92. The van der Waals surface area contributed by atoms with Gasteiger partial charge in [-0.25, -0.2) is 0 Å². The van der Waals surface area contributed by atoms with Crippen LogP contribution in [0.5, 0.6) is 0 Å². The maximum absolute atomic E-state index is 11.8. The minimum Gasteiger partial charge on any atom is -0.481 e. The van der Waals surface area contributed by atoms with Gasteiger partial charge in [-0.1, -0.05) is 30.3 Å². The van der Waals surface area contributed by atoms with Crippen molar-refractivity contribution in [2.24, 2.45) is 17.3 Å². The zero-order valence-electron chi connectivity index (χ0n) is 13.2. The van der Waals surface area contributed by atoms with Crippen LogP contribution in [0.1, 0.15) is 30.7 Å². The van der Waals surface area contributed by atoms with Crippen molar-refractivity contribution in [3.63, 3.8) is 0 Å². The first-order valence-corrected chi connectivity index (χ1v) is 7.64. The molecule has 0 radical (unpaired) electrons. The molecule has 4 unspecified atom stereocenters. The normalized spacial score (nSPS) is 28.9. The molecule has 4 N–H and O–H groups in total. The number of aliphatic carboxylic acids is 4. The van der Waals surface area contributed by atoms with Crippen LogP contribution >= 0.6 is 0 Å². The first-order chi connectivity index (χ1) is 11.7. The molecule has 2 rings (SSSR count). The number of hydrogen-bond donors (Lipinski definition) is 4. The van der Waals surface area contributed by atoms with Crippen LogP contribution in [-0.2, 0) is 19.2 Å². The van der Waals surface area contributed by atoms with E-state index in [1.165, 1.54) is 0 Å². The Labute approximate surface area is 142 Å². The predicted octanol–water partition coefficient (Wildman–Crippen LogP) is 1.51. The average molecular weight is 350 g/mol. The van der Waals surface area contributed by atoms with Crippen molar-refractivity contribution in [3.8, 4) is 0 Å². The summed E-state index contributed by atoms with van der Waals surface area (Å²) in [5.41, 5.74) is -1.35. The summed E-state index contributed by atoms with van der Waals surface area (Å²) >= 11 is 0. The molecule has 0 bridgehead atoms. The Morgan fingerprint density at radius 1 is 0.920 bits per heavy atom. The number of rotatable bonds is 6. The third kappa shape index (κ3) is 3.62. The largest absolute Gasteiger partial charge is 0.481 e. The number of hydrogen-bond acceptors (Lipinski definition) is 4. The molecule has 0 spiro atoms. The van der Waals surface area contributed by atoms with E-state index in [4.69, 9.17) is 5.11 Å². The molecule has 1 fully saturated rings. The Bertz CT molecular complexity index is 698. The molecule has 0 heterocycles. The Morgan fingerprint density at radius 3 is 1.96 bits per heavy atom. The average Bonchev–Trinajstić information content (AvgIpc) is 2.53. The minimum atomic E-state index is -1.83. The number of carboxylic acids is 4. The lowest BCUT2D eigenvalue weighted by Gasteiger charge is -2.43. The molecule has 1 aliphatic carbocycles. The fourth-order valence-electron chi connectivity index (χ4n) is 3.75. The highest BCUT2D eigenvalue weighted by Gasteiger charge is 2.56. The molecular weight excluding hydrogens is 332 g/mol. The van der Waals surface area contributed by atoms with Gasteiger partial charge in [0.1, 0.15) is 0 Å². The monoisotopic (exact) mass is 350 g/mol. The fraction of sp³-hybridized carbons (Fsp3) is 0.412. The lowest BCUT2D eigenvalue weighted by Crippen LogP contribution is -2.49. The Morgan fingerprint density at radius 2 is 1.52 bits per heavy atom. The lowest BCUT2D eigenvalue weighted by atomic mass is 9.58. The van der Waals surface area contributed by atoms with Crippen LogP contribution in [0.3, 0.4) is 0 Å². The molecule has 0 aromatic heterocycles. The molecule has 1 aromatic rings. The van der Waals surface area contributed by atoms with Gasteiger partial charge in [0.05, 0.1) is 23.7 Å². The van der Waals surface area contributed by atoms with Gasteiger partial charge in [0.25, 0.3) is 0 Å². The summed E-state index contributed by atoms with van der Waals surface area (Å²) in [5.74, 6) is -9.31. The SMILES string of the molecule is O=C(O)CC1(C(=O)O)CC(C(=O)O)C(C(=O)O)C(c2ccccc2)C1. The quantitative estimate of drug-likeness (QED) is 0.603. The van der Waals surface area contributed by atoms with Gasteiger partial charge in [-0.3, -0.25) is 19.2 Å². The van der Waals surface area contributed by atoms with E-state index in [0.717, 1.165) is 0 Å². The van der Waals surface area contributed by atoms with Crippen LogP contribution in [0.25, 0.3) is 0 Å². The first kappa shape index (κ1) is 18.4. The van der Waals surface area contributed by atoms with Gasteiger partial charge in [0, 0.05) is 0 Å². The van der Waals surface area contributed by atoms with E-state index in [1.54, 1.807) is 30.3 Å². The third-order valence-corrected chi connectivity index (χ3v) is 4.86. The van der Waals surface area contributed by atoms with Crippen LogP contribution in [0.4, 0.5) is 0 Å². The van der Waals surface area contributed by atoms with Crippen molar-refractivity contribution < 1.29 is 39.6 Å². The van der Waals surface area contributed by atoms with Gasteiger partial charge >= 0.3 is 23.9 Å². The molecular formula is C17H18O8. The maximum atomic E-state index is 11.8. The van der Waals surface area contributed by atoms with Gasteiger partial charge in [0.2, 0.25) is 0 Å². The van der Waals surface area contributed by atoms with Gasteiger partial charge in [0.15, 0.2) is 0 Å². The topological polar surface area (TPSA) is 149 Å². The molecule has 25 heavy (non-hydrogen) atoms. The summed E-state index contributed by atoms with van der Waals surface area (Å²) in [6, 6.07) is 8.16. The van der Waals surface area contributed by atoms with Crippen molar-refractivity contribution in [1.29, 1.82) is 0 Å². The van der Waals surface area contributed by atoms with E-state index in [1.807, 2.05) is 0 Å². The second-order valence-electron chi connectivity index (χ2n) is 6.39. The van der Waals surface area contributed by atoms with Crippen LogP contribution in [0.2, 0.25) is 0 Å². The van der Waals surface area contributed by atoms with Crippen LogP contribution in [0, 0.1) is 17.3 Å². The summed E-state index contributed by atoms with van der Waals surface area (Å²) in [5, 5.41) is 37.8. The Balaban J connectivity index is 2.59. The molecule has 8 nitrogen and oxygen atoms in total. The molecule has 4 atom stereocenters. The van der Waals surface area contributed by atoms with Crippen molar-refractivity contribution in [3.05, 3.63) is 35.9 Å². The van der Waals surface area contributed by atoms with Crippen LogP contribution in [-0.4, -0.2) is 44.3 Å². The highest BCUT2D eigenvalue weighted by Crippen LogP contribution is 2.52. The third-order valence-electron chi connectivity index (χ3n) is 4.86. The van der Waals surface area contributed by atoms with Gasteiger partial charge in [-0.05, 0) is 24.3 Å². The zero-order chi connectivity index (χ0) is 18.8. The van der Waals surface area contributed by atoms with Crippen molar-refractivity contribution >= 4 is 23.9 Å². The zero-order valence-corrected chi connectivity index (χ0v) is 13.2. The highest BCUT2D eigenvalue weighted by molar-refractivity contribution is 5.86. The van der Waals surface area contributed by atoms with Gasteiger partial charge in [-0.2, -0.15) is 0 Å². The minimum absolute atomic E-state index is 0.251. The maximum Gasteiger partial charge on any atom is 0.310 e. The van der Waals surface area contributed by atoms with Gasteiger partial charge in [-0.15, -0.1) is 0 Å². The van der Waals surface area contributed by atoms with E-state index in [9.17, 15) is 34.5 Å². The number of carboxylic acid groups (broad SMARTS) is 4. The highest BCUT2D eigenvalue weighted by atomic mass is 16.4. The lowest BCUT2D eigenvalue weighted by molar-refractivity contribution is -0.170. The van der Waals surface area contributed by atoms with E-state index in [0.29, 0.717) is 5.56 Å². The first-order valence-electron chi connectivity index (χ1n) is 7.64. The van der Waals surface area contributed by atoms with Crippen molar-refractivity contribution in [2.75, 3.05) is 0 Å². The molecule has 0 aliphatic heterocycles. The fourth-order valence-corrected chi connectivity index (χ4v) is 3.75. The predicted molar refractivity (Wildman–Crippen MR) is 83.0 cm³/mol. The second-order valence-corrected chi connectivity index (χ2v) is 6.39. The standard InChI is InChI=1S/C17H18O8/c18-12(19)8-17(16(24)25)6-10(9-4-2-1-3-5-9)13(15(22)23)11(7-17)14(20)21/h1-5,10-11,13H,6-8H2,(H,18,19)(H,20,21)(H,22,23)(H,24,25).